The number of hydrogen-bond acceptors (Lipinski definition) is 2. The molecule has 0 spiro atoms. The molecule has 1 aliphatic heterocycles. The van der Waals surface area contributed by atoms with Crippen molar-refractivity contribution in [3.05, 3.63) is 0 Å². The van der Waals surface area contributed by atoms with Gasteiger partial charge in [0.05, 0.1) is 0 Å². The van der Waals surface area contributed by atoms with Crippen molar-refractivity contribution in [2.45, 2.75) is 51.0 Å². The Balaban J connectivity index is 1.79. The van der Waals surface area contributed by atoms with Crippen LogP contribution in [0.25, 0.3) is 0 Å². The van der Waals surface area contributed by atoms with Crippen molar-refractivity contribution in [3.63, 3.8) is 0 Å². The van der Waals surface area contributed by atoms with Gasteiger partial charge in [0, 0.05) is 19.3 Å². The summed E-state index contributed by atoms with van der Waals surface area (Å²) in [4.78, 5) is 0. The fourth-order valence-corrected chi connectivity index (χ4v) is 3.27. The summed E-state index contributed by atoms with van der Waals surface area (Å²) >= 11 is 0. The average Bonchev–Trinajstić information content (AvgIpc) is 2.80. The van der Waals surface area contributed by atoms with Gasteiger partial charge < -0.3 is 10.1 Å². The molecule has 1 saturated heterocycles. The van der Waals surface area contributed by atoms with Crippen LogP contribution in [0.2, 0.25) is 0 Å². The third kappa shape index (κ3) is 3.18. The van der Waals surface area contributed by atoms with E-state index in [1.165, 1.54) is 44.9 Å². The molecule has 1 heterocycles. The van der Waals surface area contributed by atoms with Crippen LogP contribution in [0, 0.1) is 11.8 Å². The Morgan fingerprint density at radius 1 is 1.13 bits per heavy atom. The molecule has 2 aliphatic rings. The number of nitrogens with one attached hydrogen (secondary N) is 1. The van der Waals surface area contributed by atoms with Gasteiger partial charge in [-0.25, -0.2) is 0 Å². The van der Waals surface area contributed by atoms with Gasteiger partial charge >= 0.3 is 0 Å². The third-order valence-electron chi connectivity index (χ3n) is 4.27. The van der Waals surface area contributed by atoms with Crippen LogP contribution in [0.4, 0.5) is 0 Å². The molecule has 1 saturated carbocycles. The molecule has 0 radical (unpaired) electrons. The Morgan fingerprint density at radius 3 is 2.40 bits per heavy atom. The van der Waals surface area contributed by atoms with E-state index in [0.717, 1.165) is 31.1 Å². The van der Waals surface area contributed by atoms with Crippen LogP contribution in [-0.2, 0) is 4.74 Å². The van der Waals surface area contributed by atoms with Gasteiger partial charge in [0.15, 0.2) is 0 Å². The van der Waals surface area contributed by atoms with Gasteiger partial charge in [-0.15, -0.1) is 0 Å². The fourth-order valence-electron chi connectivity index (χ4n) is 3.27. The molecule has 0 bridgehead atoms. The molecule has 2 heteroatoms. The van der Waals surface area contributed by atoms with E-state index >= 15 is 0 Å². The van der Waals surface area contributed by atoms with Crippen LogP contribution in [0.15, 0.2) is 0 Å². The van der Waals surface area contributed by atoms with E-state index in [-0.39, 0.29) is 0 Å². The molecule has 1 N–H and O–H groups in total. The second-order valence-corrected chi connectivity index (χ2v) is 5.23. The van der Waals surface area contributed by atoms with E-state index in [2.05, 4.69) is 12.4 Å². The summed E-state index contributed by atoms with van der Waals surface area (Å²) in [6.07, 6.45) is 9.81. The van der Waals surface area contributed by atoms with E-state index in [0.29, 0.717) is 0 Å². The van der Waals surface area contributed by atoms with Crippen LogP contribution in [0.5, 0.6) is 0 Å². The highest BCUT2D eigenvalue weighted by atomic mass is 16.5. The van der Waals surface area contributed by atoms with Crippen molar-refractivity contribution in [3.8, 4) is 0 Å². The molecule has 2 fully saturated rings. The summed E-state index contributed by atoms with van der Waals surface area (Å²) in [5, 5.41) is 3.54. The molecule has 0 aromatic carbocycles. The highest BCUT2D eigenvalue weighted by molar-refractivity contribution is 4.81. The predicted octanol–water partition coefficient (Wildman–Crippen LogP) is 2.58. The van der Waals surface area contributed by atoms with E-state index in [4.69, 9.17) is 4.74 Å². The zero-order chi connectivity index (χ0) is 10.5. The molecular formula is C13H25NO. The van der Waals surface area contributed by atoms with Crippen molar-refractivity contribution in [1.29, 1.82) is 0 Å². The minimum absolute atomic E-state index is 0.747. The van der Waals surface area contributed by atoms with Crippen LogP contribution in [0.3, 0.4) is 0 Å². The molecule has 0 aromatic heterocycles. The predicted molar refractivity (Wildman–Crippen MR) is 63.0 cm³/mol. The first-order valence-corrected chi connectivity index (χ1v) is 6.65. The largest absolute Gasteiger partial charge is 0.381 e. The molecule has 88 valence electrons. The average molecular weight is 211 g/mol. The maximum atomic E-state index is 5.44. The van der Waals surface area contributed by atoms with E-state index in [1.807, 2.05) is 0 Å². The van der Waals surface area contributed by atoms with Gasteiger partial charge in [-0.05, 0) is 38.1 Å². The second kappa shape index (κ2) is 5.86. The molecule has 0 amide bonds. The lowest BCUT2D eigenvalue weighted by Crippen LogP contribution is -2.38. The first kappa shape index (κ1) is 11.4. The van der Waals surface area contributed by atoms with Crippen molar-refractivity contribution < 1.29 is 4.74 Å². The van der Waals surface area contributed by atoms with E-state index < -0.39 is 0 Å². The Labute approximate surface area is 93.8 Å². The molecule has 1 unspecified atom stereocenters. The van der Waals surface area contributed by atoms with Gasteiger partial charge in [0.2, 0.25) is 0 Å². The summed E-state index contributed by atoms with van der Waals surface area (Å²) in [6, 6.07) is 0.747. The molecule has 15 heavy (non-hydrogen) atoms. The lowest BCUT2D eigenvalue weighted by molar-refractivity contribution is 0.0514. The van der Waals surface area contributed by atoms with Crippen LogP contribution < -0.4 is 5.32 Å². The van der Waals surface area contributed by atoms with E-state index in [1.54, 1.807) is 0 Å². The summed E-state index contributed by atoms with van der Waals surface area (Å²) in [5.41, 5.74) is 0. The maximum absolute atomic E-state index is 5.44. The van der Waals surface area contributed by atoms with Gasteiger partial charge in [-0.2, -0.15) is 0 Å². The Bertz CT molecular complexity index is 171. The number of ether oxygens (including phenoxy) is 1. The highest BCUT2D eigenvalue weighted by Gasteiger charge is 2.26. The smallest absolute Gasteiger partial charge is 0.0469 e. The normalized spacial score (nSPS) is 27.0. The second-order valence-electron chi connectivity index (χ2n) is 5.23. The maximum Gasteiger partial charge on any atom is 0.0469 e. The van der Waals surface area contributed by atoms with Crippen molar-refractivity contribution in [2.24, 2.45) is 11.8 Å². The Kier molecular flexibility index (Phi) is 4.45. The Hall–Kier alpha value is -0.0800. The third-order valence-corrected chi connectivity index (χ3v) is 4.27. The van der Waals surface area contributed by atoms with Crippen LogP contribution >= 0.6 is 0 Å². The summed E-state index contributed by atoms with van der Waals surface area (Å²) < 4.78 is 5.44. The minimum Gasteiger partial charge on any atom is -0.381 e. The van der Waals surface area contributed by atoms with Crippen molar-refractivity contribution in [1.82, 2.24) is 5.32 Å². The summed E-state index contributed by atoms with van der Waals surface area (Å²) in [7, 11) is 2.13. The lowest BCUT2D eigenvalue weighted by Gasteiger charge is -2.31. The lowest BCUT2D eigenvalue weighted by atomic mass is 9.85. The number of rotatable bonds is 4. The van der Waals surface area contributed by atoms with Gasteiger partial charge in [-0.3, -0.25) is 0 Å². The highest BCUT2D eigenvalue weighted by Crippen LogP contribution is 2.32. The van der Waals surface area contributed by atoms with Crippen LogP contribution in [0.1, 0.15) is 44.9 Å². The molecule has 1 aliphatic carbocycles. The molecule has 2 nitrogen and oxygen atoms in total. The van der Waals surface area contributed by atoms with Gasteiger partial charge in [0.1, 0.15) is 0 Å². The zero-order valence-electron chi connectivity index (χ0n) is 10.0. The standard InChI is InChI=1S/C13H25NO/c1-14-13(10-11-4-2-3-5-11)12-6-8-15-9-7-12/h11-14H,2-10H2,1H3. The minimum atomic E-state index is 0.747. The van der Waals surface area contributed by atoms with Gasteiger partial charge in [0.25, 0.3) is 0 Å². The molecule has 2 rings (SSSR count). The SMILES string of the molecule is CNC(CC1CCCC1)C1CCOCC1. The van der Waals surface area contributed by atoms with Crippen molar-refractivity contribution in [2.75, 3.05) is 20.3 Å². The quantitative estimate of drug-likeness (QED) is 0.771. The molecular weight excluding hydrogens is 186 g/mol. The van der Waals surface area contributed by atoms with Gasteiger partial charge in [-0.1, -0.05) is 25.7 Å². The molecule has 1 atom stereocenters. The Morgan fingerprint density at radius 2 is 1.80 bits per heavy atom. The fraction of sp³-hybridized carbons (Fsp3) is 1.00. The van der Waals surface area contributed by atoms with Crippen LogP contribution in [-0.4, -0.2) is 26.3 Å². The molecule has 0 aromatic rings. The zero-order valence-corrected chi connectivity index (χ0v) is 10.0. The number of hydrogen-bond donors (Lipinski definition) is 1. The summed E-state index contributed by atoms with van der Waals surface area (Å²) in [6.45, 7) is 1.96. The monoisotopic (exact) mass is 211 g/mol. The summed E-state index contributed by atoms with van der Waals surface area (Å²) in [5.74, 6) is 1.87. The van der Waals surface area contributed by atoms with E-state index in [9.17, 15) is 0 Å². The van der Waals surface area contributed by atoms with Crippen molar-refractivity contribution >= 4 is 0 Å². The first-order chi connectivity index (χ1) is 7.40. The first-order valence-electron chi connectivity index (χ1n) is 6.65. The topological polar surface area (TPSA) is 21.3 Å².